The first kappa shape index (κ1) is 28.7. The molecule has 12 heteroatoms. The molecule has 0 amide bonds. The number of nitrogens with two attached hydrogens (primary N) is 1. The zero-order valence-corrected chi connectivity index (χ0v) is 22.8. The number of hydrogen-bond donors (Lipinski definition) is 1. The summed E-state index contributed by atoms with van der Waals surface area (Å²) in [5.41, 5.74) is 11.3. The standard InChI is InChI=1S/C28H27F3N6O2S/c1-18-14-24(38-3)15-19(2)25(18)37-12-13-40-27(37)36-35-16-20-4-6-21(7-5-20)26(32)34-17-33-22-8-10-23(11-9-22)39-28(29,30)31/h4-11,14-17H,12-13H2,1-3H3,(H2,32,33,34)/b35-16+,36-27-. The average Bonchev–Trinajstić information content (AvgIpc) is 3.36. The van der Waals surface area contributed by atoms with E-state index in [1.165, 1.54) is 30.6 Å². The molecule has 208 valence electrons. The van der Waals surface area contributed by atoms with Gasteiger partial charge < -0.3 is 20.1 Å². The Morgan fingerprint density at radius 1 is 1.00 bits per heavy atom. The van der Waals surface area contributed by atoms with Crippen LogP contribution >= 0.6 is 11.8 Å². The van der Waals surface area contributed by atoms with Gasteiger partial charge in [-0.15, -0.1) is 18.3 Å². The molecule has 0 spiro atoms. The fourth-order valence-corrected chi connectivity index (χ4v) is 4.90. The van der Waals surface area contributed by atoms with E-state index < -0.39 is 6.36 Å². The van der Waals surface area contributed by atoms with Gasteiger partial charge >= 0.3 is 6.36 Å². The van der Waals surface area contributed by atoms with E-state index in [-0.39, 0.29) is 11.6 Å². The number of ether oxygens (including phenoxy) is 2. The zero-order chi connectivity index (χ0) is 28.7. The van der Waals surface area contributed by atoms with Gasteiger partial charge in [-0.1, -0.05) is 36.0 Å². The summed E-state index contributed by atoms with van der Waals surface area (Å²) in [6, 6.07) is 16.4. The Kier molecular flexibility index (Phi) is 9.10. The molecule has 8 nitrogen and oxygen atoms in total. The van der Waals surface area contributed by atoms with Crippen molar-refractivity contribution in [2.24, 2.45) is 25.9 Å². The number of anilines is 1. The van der Waals surface area contributed by atoms with E-state index in [9.17, 15) is 13.2 Å². The molecular formula is C28H27F3N6O2S. The summed E-state index contributed by atoms with van der Waals surface area (Å²) in [6.07, 6.45) is -1.84. The van der Waals surface area contributed by atoms with Gasteiger partial charge in [0.1, 0.15) is 23.7 Å². The van der Waals surface area contributed by atoms with E-state index in [0.29, 0.717) is 11.3 Å². The van der Waals surface area contributed by atoms with Gasteiger partial charge in [0.25, 0.3) is 0 Å². The Balaban J connectivity index is 1.38. The summed E-state index contributed by atoms with van der Waals surface area (Å²) >= 11 is 1.66. The lowest BCUT2D eigenvalue weighted by atomic mass is 10.1. The van der Waals surface area contributed by atoms with Crippen LogP contribution in [-0.4, -0.2) is 49.3 Å². The molecule has 0 saturated carbocycles. The topological polar surface area (TPSA) is 97.2 Å². The summed E-state index contributed by atoms with van der Waals surface area (Å²) in [4.78, 5) is 10.4. The van der Waals surface area contributed by atoms with Gasteiger partial charge in [0.15, 0.2) is 5.17 Å². The highest BCUT2D eigenvalue weighted by molar-refractivity contribution is 8.14. The zero-order valence-electron chi connectivity index (χ0n) is 22.0. The van der Waals surface area contributed by atoms with E-state index in [0.717, 1.165) is 45.6 Å². The third-order valence-corrected chi connectivity index (χ3v) is 6.72. The summed E-state index contributed by atoms with van der Waals surface area (Å²) < 4.78 is 46.0. The van der Waals surface area contributed by atoms with Crippen LogP contribution < -0.4 is 20.1 Å². The number of nitrogens with zero attached hydrogens (tertiary/aromatic N) is 5. The van der Waals surface area contributed by atoms with Gasteiger partial charge in [-0.2, -0.15) is 5.10 Å². The van der Waals surface area contributed by atoms with E-state index >= 15 is 0 Å². The normalized spacial score (nSPS) is 15.5. The number of thioether (sulfide) groups is 1. The van der Waals surface area contributed by atoms with Crippen molar-refractivity contribution in [2.75, 3.05) is 24.3 Å². The highest BCUT2D eigenvalue weighted by atomic mass is 32.2. The second-order valence-electron chi connectivity index (χ2n) is 8.66. The quantitative estimate of drug-likeness (QED) is 0.198. The Labute approximate surface area is 234 Å². The minimum Gasteiger partial charge on any atom is -0.497 e. The molecule has 1 aliphatic heterocycles. The lowest BCUT2D eigenvalue weighted by Gasteiger charge is -2.22. The molecule has 1 fully saturated rings. The monoisotopic (exact) mass is 568 g/mol. The first-order valence-corrected chi connectivity index (χ1v) is 13.1. The van der Waals surface area contributed by atoms with E-state index in [1.807, 2.05) is 24.3 Å². The van der Waals surface area contributed by atoms with Crippen molar-refractivity contribution < 1.29 is 22.6 Å². The molecule has 0 radical (unpaired) electrons. The van der Waals surface area contributed by atoms with Gasteiger partial charge in [0.05, 0.1) is 19.0 Å². The molecule has 1 aliphatic rings. The summed E-state index contributed by atoms with van der Waals surface area (Å²) in [6.45, 7) is 4.97. The molecule has 1 heterocycles. The van der Waals surface area contributed by atoms with Crippen molar-refractivity contribution in [3.05, 3.63) is 82.9 Å². The smallest absolute Gasteiger partial charge is 0.497 e. The average molecular weight is 569 g/mol. The van der Waals surface area contributed by atoms with Gasteiger partial charge in [-0.3, -0.25) is 0 Å². The molecular weight excluding hydrogens is 541 g/mol. The number of benzene rings is 3. The van der Waals surface area contributed by atoms with Crippen molar-refractivity contribution in [3.8, 4) is 11.5 Å². The number of alkyl halides is 3. The number of aryl methyl sites for hydroxylation is 2. The van der Waals surface area contributed by atoms with Crippen LogP contribution in [0, 0.1) is 13.8 Å². The highest BCUT2D eigenvalue weighted by Crippen LogP contribution is 2.34. The van der Waals surface area contributed by atoms with Crippen LogP contribution in [0.15, 0.2) is 80.9 Å². The van der Waals surface area contributed by atoms with Crippen molar-refractivity contribution in [1.82, 2.24) is 0 Å². The van der Waals surface area contributed by atoms with Gasteiger partial charge in [-0.05, 0) is 66.9 Å². The highest BCUT2D eigenvalue weighted by Gasteiger charge is 2.31. The molecule has 0 bridgehead atoms. The Hall–Kier alpha value is -4.32. The second-order valence-corrected chi connectivity index (χ2v) is 9.72. The molecule has 40 heavy (non-hydrogen) atoms. The fraction of sp³-hybridized carbons (Fsp3) is 0.214. The van der Waals surface area contributed by atoms with E-state index in [1.54, 1.807) is 37.2 Å². The summed E-state index contributed by atoms with van der Waals surface area (Å²) in [7, 11) is 1.66. The fourth-order valence-electron chi connectivity index (χ4n) is 4.00. The molecule has 0 unspecified atom stereocenters. The molecule has 0 aliphatic carbocycles. The number of aliphatic imine (C=N–C) groups is 2. The maximum Gasteiger partial charge on any atom is 0.573 e. The van der Waals surface area contributed by atoms with Crippen LogP contribution in [0.2, 0.25) is 0 Å². The van der Waals surface area contributed by atoms with Crippen LogP contribution in [0.1, 0.15) is 22.3 Å². The maximum atomic E-state index is 12.3. The molecule has 1 saturated heterocycles. The minimum atomic E-state index is -4.74. The second kappa shape index (κ2) is 12.7. The van der Waals surface area contributed by atoms with Crippen molar-refractivity contribution >= 4 is 46.7 Å². The van der Waals surface area contributed by atoms with E-state index in [4.69, 9.17) is 10.5 Å². The van der Waals surface area contributed by atoms with Crippen LogP contribution in [0.4, 0.5) is 24.5 Å². The molecule has 3 aromatic carbocycles. The maximum absolute atomic E-state index is 12.3. The van der Waals surface area contributed by atoms with E-state index in [2.05, 4.69) is 43.7 Å². The van der Waals surface area contributed by atoms with Crippen molar-refractivity contribution in [1.29, 1.82) is 0 Å². The van der Waals surface area contributed by atoms with Crippen LogP contribution in [0.3, 0.4) is 0 Å². The Morgan fingerprint density at radius 3 is 2.30 bits per heavy atom. The Morgan fingerprint density at radius 2 is 1.68 bits per heavy atom. The van der Waals surface area contributed by atoms with Crippen molar-refractivity contribution in [3.63, 3.8) is 0 Å². The molecule has 0 aromatic heterocycles. The number of methoxy groups -OCH3 is 1. The van der Waals surface area contributed by atoms with Crippen LogP contribution in [0.25, 0.3) is 0 Å². The molecule has 2 N–H and O–H groups in total. The minimum absolute atomic E-state index is 0.229. The predicted octanol–water partition coefficient (Wildman–Crippen LogP) is 6.22. The lowest BCUT2D eigenvalue weighted by molar-refractivity contribution is -0.274. The number of rotatable bonds is 8. The molecule has 4 rings (SSSR count). The van der Waals surface area contributed by atoms with Crippen molar-refractivity contribution in [2.45, 2.75) is 20.2 Å². The third-order valence-electron chi connectivity index (χ3n) is 5.78. The largest absolute Gasteiger partial charge is 0.573 e. The number of hydrogen-bond acceptors (Lipinski definition) is 6. The van der Waals surface area contributed by atoms with Crippen LogP contribution in [0.5, 0.6) is 11.5 Å². The summed E-state index contributed by atoms with van der Waals surface area (Å²) in [5, 5.41) is 9.60. The first-order valence-electron chi connectivity index (χ1n) is 12.1. The predicted molar refractivity (Wildman–Crippen MR) is 156 cm³/mol. The van der Waals surface area contributed by atoms with Gasteiger partial charge in [0, 0.05) is 23.5 Å². The number of halogens is 3. The Bertz CT molecular complexity index is 1430. The van der Waals surface area contributed by atoms with Gasteiger partial charge in [-0.25, -0.2) is 9.98 Å². The van der Waals surface area contributed by atoms with Crippen LogP contribution in [-0.2, 0) is 0 Å². The number of amidine groups is 2. The van der Waals surface area contributed by atoms with Gasteiger partial charge in [0.2, 0.25) is 0 Å². The summed E-state index contributed by atoms with van der Waals surface area (Å²) in [5.74, 6) is 1.66. The molecule has 0 atom stereocenters. The molecule has 3 aromatic rings. The third kappa shape index (κ3) is 7.63. The first-order chi connectivity index (χ1) is 19.1. The SMILES string of the molecule is COc1cc(C)c(N2CCS/C2=N\N=C\c2ccc(C(N)=NC=Nc3ccc(OC(F)(F)F)cc3)cc2)c(C)c1. The lowest BCUT2D eigenvalue weighted by Crippen LogP contribution is -2.25.